The van der Waals surface area contributed by atoms with Gasteiger partial charge in [-0.3, -0.25) is 19.8 Å². The molecule has 4 rings (SSSR count). The van der Waals surface area contributed by atoms with Crippen LogP contribution in [0.15, 0.2) is 60.7 Å². The van der Waals surface area contributed by atoms with Crippen LogP contribution in [0.25, 0.3) is 10.9 Å². The summed E-state index contributed by atoms with van der Waals surface area (Å²) in [4.78, 5) is 38.7. The number of nitrogens with zero attached hydrogens (tertiary/aromatic N) is 1. The molecule has 1 aromatic heterocycles. The number of anilines is 2. The summed E-state index contributed by atoms with van der Waals surface area (Å²) in [5.41, 5.74) is 6.70. The van der Waals surface area contributed by atoms with Crippen molar-refractivity contribution in [2.75, 3.05) is 16.1 Å². The molecule has 0 radical (unpaired) electrons. The number of nitrogens with one attached hydrogen (secondary N) is 3. The fourth-order valence-corrected chi connectivity index (χ4v) is 4.03. The van der Waals surface area contributed by atoms with Crippen LogP contribution in [0.5, 0.6) is 0 Å². The van der Waals surface area contributed by atoms with Gasteiger partial charge in [-0.15, -0.1) is 0 Å². The summed E-state index contributed by atoms with van der Waals surface area (Å²) in [6.45, 7) is 5.53. The van der Waals surface area contributed by atoms with Crippen molar-refractivity contribution in [2.24, 2.45) is 0 Å². The first kappa shape index (κ1) is 24.3. The third-order valence-electron chi connectivity index (χ3n) is 5.57. The van der Waals surface area contributed by atoms with E-state index in [9.17, 15) is 14.4 Å². The largest absolute Gasteiger partial charge is 0.328 e. The lowest BCUT2D eigenvalue weighted by Gasteiger charge is -2.14. The number of carbonyl (C=O) groups is 3. The Kier molecular flexibility index (Phi) is 6.82. The third kappa shape index (κ3) is 5.16. The zero-order valence-corrected chi connectivity index (χ0v) is 20.7. The highest BCUT2D eigenvalue weighted by molar-refractivity contribution is 6.42. The molecule has 0 aliphatic rings. The van der Waals surface area contributed by atoms with E-state index < -0.39 is 17.7 Å². The van der Waals surface area contributed by atoms with Crippen LogP contribution in [0.4, 0.5) is 11.4 Å². The number of fused-ring (bicyclic) bond motifs is 1. The van der Waals surface area contributed by atoms with E-state index in [1.807, 2.05) is 39.0 Å². The third-order valence-corrected chi connectivity index (χ3v) is 6.21. The Hall–Kier alpha value is -3.81. The summed E-state index contributed by atoms with van der Waals surface area (Å²) in [5.74, 6) is -2.31. The molecular weight excluding hydrogens is 487 g/mol. The molecule has 1 heterocycles. The van der Waals surface area contributed by atoms with E-state index in [1.54, 1.807) is 42.5 Å². The van der Waals surface area contributed by atoms with E-state index in [1.165, 1.54) is 4.68 Å². The average molecular weight is 509 g/mol. The van der Waals surface area contributed by atoms with Crippen LogP contribution in [0.1, 0.15) is 27.2 Å². The molecule has 178 valence electrons. The topological polar surface area (TPSA) is 92.2 Å². The Morgan fingerprint density at radius 2 is 1.49 bits per heavy atom. The molecule has 0 fully saturated rings. The van der Waals surface area contributed by atoms with Crippen molar-refractivity contribution in [1.29, 1.82) is 0 Å². The Balaban J connectivity index is 1.65. The zero-order valence-electron chi connectivity index (χ0n) is 19.2. The summed E-state index contributed by atoms with van der Waals surface area (Å²) in [6, 6.07) is 17.2. The summed E-state index contributed by atoms with van der Waals surface area (Å²) >= 11 is 12.3. The molecule has 0 saturated heterocycles. The molecule has 0 aliphatic carbocycles. The van der Waals surface area contributed by atoms with Gasteiger partial charge < -0.3 is 10.6 Å². The van der Waals surface area contributed by atoms with Gasteiger partial charge in [0.05, 0.1) is 5.52 Å². The van der Waals surface area contributed by atoms with Crippen LogP contribution >= 0.6 is 23.2 Å². The van der Waals surface area contributed by atoms with E-state index in [-0.39, 0.29) is 5.69 Å². The highest BCUT2D eigenvalue weighted by Crippen LogP contribution is 2.25. The molecule has 0 aliphatic heterocycles. The molecule has 0 atom stereocenters. The van der Waals surface area contributed by atoms with Crippen molar-refractivity contribution >= 4 is 63.2 Å². The van der Waals surface area contributed by atoms with Gasteiger partial charge in [-0.05, 0) is 73.9 Å². The van der Waals surface area contributed by atoms with Crippen molar-refractivity contribution in [2.45, 2.75) is 20.8 Å². The lowest BCUT2D eigenvalue weighted by molar-refractivity contribution is -0.133. The van der Waals surface area contributed by atoms with Crippen molar-refractivity contribution in [3.63, 3.8) is 0 Å². The summed E-state index contributed by atoms with van der Waals surface area (Å²) < 4.78 is 1.27. The summed E-state index contributed by atoms with van der Waals surface area (Å²) in [7, 11) is 0. The number of aromatic nitrogens is 1. The number of aryl methyl sites for hydroxylation is 3. The molecule has 3 N–H and O–H groups in total. The minimum Gasteiger partial charge on any atom is -0.321 e. The highest BCUT2D eigenvalue weighted by Gasteiger charge is 2.22. The minimum absolute atomic E-state index is 0.104. The smallest absolute Gasteiger partial charge is 0.321 e. The van der Waals surface area contributed by atoms with E-state index in [4.69, 9.17) is 23.2 Å². The normalized spacial score (nSPS) is 10.8. The summed E-state index contributed by atoms with van der Waals surface area (Å²) in [5, 5.41) is 7.00. The molecule has 4 aromatic rings. The molecule has 35 heavy (non-hydrogen) atoms. The Bertz CT molecular complexity index is 1470. The molecule has 7 nitrogen and oxygen atoms in total. The fraction of sp³-hybridized carbons (Fsp3) is 0.115. The Labute approximate surface area is 212 Å². The van der Waals surface area contributed by atoms with Gasteiger partial charge in [0.2, 0.25) is 0 Å². The first-order chi connectivity index (χ1) is 16.6. The van der Waals surface area contributed by atoms with Crippen LogP contribution in [0, 0.1) is 20.8 Å². The maximum Gasteiger partial charge on any atom is 0.328 e. The van der Waals surface area contributed by atoms with E-state index in [2.05, 4.69) is 16.1 Å². The van der Waals surface area contributed by atoms with E-state index in [0.29, 0.717) is 32.3 Å². The van der Waals surface area contributed by atoms with E-state index in [0.717, 1.165) is 16.7 Å². The number of rotatable bonds is 4. The van der Waals surface area contributed by atoms with Crippen LogP contribution in [0.3, 0.4) is 0 Å². The van der Waals surface area contributed by atoms with Crippen molar-refractivity contribution in [3.8, 4) is 0 Å². The monoisotopic (exact) mass is 508 g/mol. The van der Waals surface area contributed by atoms with Crippen molar-refractivity contribution < 1.29 is 14.4 Å². The molecule has 3 amide bonds. The lowest BCUT2D eigenvalue weighted by Crippen LogP contribution is -2.36. The maximum atomic E-state index is 13.2. The predicted molar refractivity (Wildman–Crippen MR) is 140 cm³/mol. The number of amides is 3. The van der Waals surface area contributed by atoms with Gasteiger partial charge >= 0.3 is 11.8 Å². The Morgan fingerprint density at radius 3 is 2.17 bits per heavy atom. The van der Waals surface area contributed by atoms with Crippen LogP contribution in [-0.2, 0) is 9.59 Å². The second-order valence-corrected chi connectivity index (χ2v) is 8.99. The quantitative estimate of drug-likeness (QED) is 0.302. The molecule has 9 heteroatoms. The number of carbonyl (C=O) groups excluding carboxylic acids is 3. The molecular formula is C26H22Cl2N4O3. The van der Waals surface area contributed by atoms with Gasteiger partial charge in [0.15, 0.2) is 0 Å². The SMILES string of the molecule is Cc1ccc(NC(=O)c2cc3cc(Cl)ccc3n2NC(=O)C(=O)Nc2c(C)cccc2C)cc1Cl. The van der Waals surface area contributed by atoms with Gasteiger partial charge in [-0.1, -0.05) is 47.5 Å². The molecule has 0 unspecified atom stereocenters. The van der Waals surface area contributed by atoms with Crippen LogP contribution in [-0.4, -0.2) is 22.4 Å². The lowest BCUT2D eigenvalue weighted by atomic mass is 10.1. The number of benzene rings is 3. The number of para-hydroxylation sites is 1. The van der Waals surface area contributed by atoms with E-state index >= 15 is 0 Å². The number of hydrogen-bond acceptors (Lipinski definition) is 3. The molecule has 0 saturated carbocycles. The summed E-state index contributed by atoms with van der Waals surface area (Å²) in [6.07, 6.45) is 0. The molecule has 3 aromatic carbocycles. The second kappa shape index (κ2) is 9.82. The maximum absolute atomic E-state index is 13.2. The zero-order chi connectivity index (χ0) is 25.3. The van der Waals surface area contributed by atoms with Crippen molar-refractivity contribution in [3.05, 3.63) is 93.1 Å². The van der Waals surface area contributed by atoms with Gasteiger partial charge in [-0.25, -0.2) is 4.68 Å². The second-order valence-electron chi connectivity index (χ2n) is 8.15. The van der Waals surface area contributed by atoms with Gasteiger partial charge in [-0.2, -0.15) is 0 Å². The first-order valence-electron chi connectivity index (χ1n) is 10.7. The Morgan fingerprint density at radius 1 is 0.771 bits per heavy atom. The van der Waals surface area contributed by atoms with Gasteiger partial charge in [0.1, 0.15) is 5.69 Å². The molecule has 0 bridgehead atoms. The average Bonchev–Trinajstić information content (AvgIpc) is 3.16. The van der Waals surface area contributed by atoms with Crippen molar-refractivity contribution in [1.82, 2.24) is 4.68 Å². The van der Waals surface area contributed by atoms with Gasteiger partial charge in [0.25, 0.3) is 5.91 Å². The highest BCUT2D eigenvalue weighted by atomic mass is 35.5. The number of halogens is 2. The fourth-order valence-electron chi connectivity index (χ4n) is 3.67. The first-order valence-corrected chi connectivity index (χ1v) is 11.5. The van der Waals surface area contributed by atoms with Crippen LogP contribution < -0.4 is 16.1 Å². The number of hydrogen-bond donors (Lipinski definition) is 3. The van der Waals surface area contributed by atoms with Gasteiger partial charge in [0, 0.05) is 26.8 Å². The standard InChI is InChI=1S/C26H22Cl2N4O3/c1-14-7-9-19(13-20(14)28)29-24(33)22-12-17-11-18(27)8-10-21(17)32(22)31-26(35)25(34)30-23-15(2)5-4-6-16(23)3/h4-13H,1-3H3,(H,29,33)(H,30,34)(H,31,35). The molecule has 0 spiro atoms. The van der Waals surface area contributed by atoms with Crippen LogP contribution in [0.2, 0.25) is 10.0 Å². The predicted octanol–water partition coefficient (Wildman–Crippen LogP) is 5.83. The minimum atomic E-state index is -0.937.